The molecule has 0 aliphatic rings. The van der Waals surface area contributed by atoms with Crippen LogP contribution >= 0.6 is 0 Å². The molecule has 2 N–H and O–H groups in total. The van der Waals surface area contributed by atoms with E-state index in [9.17, 15) is 20.0 Å². The second-order valence-electron chi connectivity index (χ2n) is 4.22. The van der Waals surface area contributed by atoms with Gasteiger partial charge in [-0.15, -0.1) is 0 Å². The molecule has 8 nitrogen and oxygen atoms in total. The number of H-pyrrole nitrogens is 1. The van der Waals surface area contributed by atoms with E-state index in [0.29, 0.717) is 6.61 Å². The molecule has 0 amide bonds. The van der Waals surface area contributed by atoms with Gasteiger partial charge in [-0.05, 0) is 30.7 Å². The molecule has 0 bridgehead atoms. The van der Waals surface area contributed by atoms with E-state index >= 15 is 0 Å². The van der Waals surface area contributed by atoms with Gasteiger partial charge in [0.05, 0.1) is 11.5 Å². The van der Waals surface area contributed by atoms with Crippen LogP contribution in [0.25, 0.3) is 12.2 Å². The predicted octanol–water partition coefficient (Wildman–Crippen LogP) is 1.95. The minimum atomic E-state index is -1.01. The lowest BCUT2D eigenvalue weighted by Crippen LogP contribution is -2.14. The summed E-state index contributed by atoms with van der Waals surface area (Å²) in [6.45, 7) is 2.46. The Morgan fingerprint density at radius 1 is 1.36 bits per heavy atom. The molecular formula is C14H13N3O5. The van der Waals surface area contributed by atoms with Crippen molar-refractivity contribution in [3.63, 3.8) is 0 Å². The first-order valence-electron chi connectivity index (χ1n) is 6.40. The number of aromatic nitrogens is 2. The molecule has 0 atom stereocenters. The maximum Gasteiger partial charge on any atom is 0.395 e. The lowest BCUT2D eigenvalue weighted by atomic mass is 10.2. The van der Waals surface area contributed by atoms with Gasteiger partial charge in [-0.1, -0.05) is 18.2 Å². The van der Waals surface area contributed by atoms with Crippen LogP contribution in [0.3, 0.4) is 0 Å². The SMILES string of the molecule is CCOc1ccc(/C=C/c2nc(O)c([N+](=O)[O-])c(=O)[nH]2)cc1. The maximum absolute atomic E-state index is 11.5. The zero-order chi connectivity index (χ0) is 16.1. The Morgan fingerprint density at radius 2 is 2.05 bits per heavy atom. The molecule has 2 aromatic rings. The Balaban J connectivity index is 2.23. The number of nitro groups is 1. The van der Waals surface area contributed by atoms with Crippen molar-refractivity contribution in [2.45, 2.75) is 6.92 Å². The molecule has 0 spiro atoms. The molecule has 114 valence electrons. The van der Waals surface area contributed by atoms with E-state index in [2.05, 4.69) is 9.97 Å². The molecule has 0 unspecified atom stereocenters. The van der Waals surface area contributed by atoms with Crippen LogP contribution in [0.1, 0.15) is 18.3 Å². The van der Waals surface area contributed by atoms with E-state index in [-0.39, 0.29) is 5.82 Å². The van der Waals surface area contributed by atoms with Crippen molar-refractivity contribution in [3.8, 4) is 11.6 Å². The van der Waals surface area contributed by atoms with E-state index < -0.39 is 22.0 Å². The van der Waals surface area contributed by atoms with Crippen LogP contribution in [0.5, 0.6) is 11.6 Å². The Bertz CT molecular complexity index is 765. The van der Waals surface area contributed by atoms with Gasteiger partial charge in [-0.3, -0.25) is 14.9 Å². The molecule has 1 aromatic carbocycles. The van der Waals surface area contributed by atoms with Crippen molar-refractivity contribution in [3.05, 3.63) is 56.1 Å². The van der Waals surface area contributed by atoms with Crippen molar-refractivity contribution in [2.75, 3.05) is 6.61 Å². The Labute approximate surface area is 124 Å². The lowest BCUT2D eigenvalue weighted by Gasteiger charge is -2.02. The first-order valence-corrected chi connectivity index (χ1v) is 6.40. The Kier molecular flexibility index (Phi) is 4.52. The summed E-state index contributed by atoms with van der Waals surface area (Å²) in [5, 5.41) is 20.0. The fourth-order valence-corrected chi connectivity index (χ4v) is 1.73. The van der Waals surface area contributed by atoms with Crippen LogP contribution < -0.4 is 10.3 Å². The van der Waals surface area contributed by atoms with E-state index in [1.807, 2.05) is 6.92 Å². The summed E-state index contributed by atoms with van der Waals surface area (Å²) in [5.41, 5.74) is -1.17. The molecular weight excluding hydrogens is 290 g/mol. The summed E-state index contributed by atoms with van der Waals surface area (Å²) in [4.78, 5) is 26.9. The molecule has 1 aromatic heterocycles. The smallest absolute Gasteiger partial charge is 0.395 e. The van der Waals surface area contributed by atoms with E-state index in [1.54, 1.807) is 30.3 Å². The summed E-state index contributed by atoms with van der Waals surface area (Å²) >= 11 is 0. The highest BCUT2D eigenvalue weighted by Gasteiger charge is 2.21. The average molecular weight is 303 g/mol. The fraction of sp³-hybridized carbons (Fsp3) is 0.143. The first-order chi connectivity index (χ1) is 10.5. The average Bonchev–Trinajstić information content (AvgIpc) is 2.46. The number of benzene rings is 1. The molecule has 8 heteroatoms. The number of aromatic amines is 1. The second-order valence-corrected chi connectivity index (χ2v) is 4.22. The van der Waals surface area contributed by atoms with Gasteiger partial charge in [0.1, 0.15) is 11.6 Å². The number of ether oxygens (including phenoxy) is 1. The number of aromatic hydroxyl groups is 1. The van der Waals surface area contributed by atoms with Crippen LogP contribution in [0, 0.1) is 10.1 Å². The number of hydrogen-bond donors (Lipinski definition) is 2. The molecule has 22 heavy (non-hydrogen) atoms. The molecule has 0 aliphatic carbocycles. The summed E-state index contributed by atoms with van der Waals surface area (Å²) < 4.78 is 5.31. The van der Waals surface area contributed by atoms with Gasteiger partial charge >= 0.3 is 11.2 Å². The van der Waals surface area contributed by atoms with Crippen molar-refractivity contribution < 1.29 is 14.8 Å². The molecule has 0 saturated carbocycles. The highest BCUT2D eigenvalue weighted by Crippen LogP contribution is 2.18. The Hall–Kier alpha value is -3.16. The van der Waals surface area contributed by atoms with E-state index in [4.69, 9.17) is 4.74 Å². The predicted molar refractivity (Wildman–Crippen MR) is 79.7 cm³/mol. The lowest BCUT2D eigenvalue weighted by molar-refractivity contribution is -0.387. The van der Waals surface area contributed by atoms with Gasteiger partial charge < -0.3 is 14.8 Å². The van der Waals surface area contributed by atoms with Crippen molar-refractivity contribution in [1.29, 1.82) is 0 Å². The van der Waals surface area contributed by atoms with Gasteiger partial charge in [0.25, 0.3) is 5.88 Å². The number of hydrogen-bond acceptors (Lipinski definition) is 6. The third kappa shape index (κ3) is 3.48. The second kappa shape index (κ2) is 6.53. The third-order valence-electron chi connectivity index (χ3n) is 2.70. The molecule has 2 rings (SSSR count). The third-order valence-corrected chi connectivity index (χ3v) is 2.70. The van der Waals surface area contributed by atoms with Gasteiger partial charge in [0, 0.05) is 0 Å². The van der Waals surface area contributed by atoms with Crippen LogP contribution in [-0.4, -0.2) is 26.6 Å². The van der Waals surface area contributed by atoms with Gasteiger partial charge in [0.2, 0.25) is 0 Å². The molecule has 1 heterocycles. The van der Waals surface area contributed by atoms with Crippen LogP contribution in [0.15, 0.2) is 29.1 Å². The van der Waals surface area contributed by atoms with Crippen molar-refractivity contribution in [2.24, 2.45) is 0 Å². The van der Waals surface area contributed by atoms with Gasteiger partial charge in [0.15, 0.2) is 0 Å². The highest BCUT2D eigenvalue weighted by atomic mass is 16.6. The van der Waals surface area contributed by atoms with E-state index in [1.165, 1.54) is 6.08 Å². The maximum atomic E-state index is 11.5. The molecule has 0 radical (unpaired) electrons. The van der Waals surface area contributed by atoms with Crippen molar-refractivity contribution in [1.82, 2.24) is 9.97 Å². The van der Waals surface area contributed by atoms with Gasteiger partial charge in [-0.25, -0.2) is 0 Å². The summed E-state index contributed by atoms with van der Waals surface area (Å²) in [6.07, 6.45) is 3.07. The minimum absolute atomic E-state index is 0.0157. The first kappa shape index (κ1) is 15.2. The highest BCUT2D eigenvalue weighted by molar-refractivity contribution is 5.67. The molecule has 0 aliphatic heterocycles. The van der Waals surface area contributed by atoms with Crippen LogP contribution in [-0.2, 0) is 0 Å². The monoisotopic (exact) mass is 303 g/mol. The largest absolute Gasteiger partial charge is 0.494 e. The van der Waals surface area contributed by atoms with Crippen molar-refractivity contribution >= 4 is 17.8 Å². The van der Waals surface area contributed by atoms with Crippen LogP contribution in [0.2, 0.25) is 0 Å². The zero-order valence-corrected chi connectivity index (χ0v) is 11.6. The molecule has 0 fully saturated rings. The summed E-state index contributed by atoms with van der Waals surface area (Å²) in [7, 11) is 0. The number of nitrogens with zero attached hydrogens (tertiary/aromatic N) is 2. The quantitative estimate of drug-likeness (QED) is 0.643. The Morgan fingerprint density at radius 3 is 2.59 bits per heavy atom. The molecule has 0 saturated heterocycles. The van der Waals surface area contributed by atoms with Crippen LogP contribution in [0.4, 0.5) is 5.69 Å². The fourth-order valence-electron chi connectivity index (χ4n) is 1.73. The normalized spacial score (nSPS) is 10.8. The minimum Gasteiger partial charge on any atom is -0.494 e. The standard InChI is InChI=1S/C14H13N3O5/c1-2-22-10-6-3-9(4-7-10)5-8-11-15-13(18)12(17(20)21)14(19)16-11/h3-8H,2H2,1H3,(H2,15,16,18,19)/b8-5+. The summed E-state index contributed by atoms with van der Waals surface area (Å²) in [6, 6.07) is 7.16. The zero-order valence-electron chi connectivity index (χ0n) is 11.6. The number of rotatable bonds is 5. The topological polar surface area (TPSA) is 118 Å². The summed E-state index contributed by atoms with van der Waals surface area (Å²) in [5.74, 6) is -0.166. The van der Waals surface area contributed by atoms with Gasteiger partial charge in [-0.2, -0.15) is 4.98 Å². The number of nitrogens with one attached hydrogen (secondary N) is 1. The van der Waals surface area contributed by atoms with E-state index in [0.717, 1.165) is 11.3 Å².